The number of nitrogens with zero attached hydrogens (tertiary/aromatic N) is 4. The van der Waals surface area contributed by atoms with Crippen LogP contribution in [0, 0.1) is 0 Å². The summed E-state index contributed by atoms with van der Waals surface area (Å²) in [7, 11) is 3.01. The number of hydrogen-bond acceptors (Lipinski definition) is 4. The summed E-state index contributed by atoms with van der Waals surface area (Å²) < 4.78 is 3.99. The van der Waals surface area contributed by atoms with Gasteiger partial charge in [-0.2, -0.15) is 0 Å². The van der Waals surface area contributed by atoms with E-state index in [0.717, 1.165) is 11.1 Å². The molecule has 0 bridgehead atoms. The minimum atomic E-state index is -0.636. The van der Waals surface area contributed by atoms with Gasteiger partial charge in [0.25, 0.3) is 5.56 Å². The van der Waals surface area contributed by atoms with E-state index in [1.54, 1.807) is 11.6 Å². The lowest BCUT2D eigenvalue weighted by atomic mass is 10.2. The van der Waals surface area contributed by atoms with Gasteiger partial charge in [-0.25, -0.2) is 9.78 Å². The summed E-state index contributed by atoms with van der Waals surface area (Å²) in [6, 6.07) is 10.0. The van der Waals surface area contributed by atoms with Gasteiger partial charge in [-0.3, -0.25) is 13.9 Å². The zero-order chi connectivity index (χ0) is 18.0. The molecule has 1 unspecified atom stereocenters. The Morgan fingerprint density at radius 2 is 1.85 bits per heavy atom. The second-order valence-corrected chi connectivity index (χ2v) is 6.14. The highest BCUT2D eigenvalue weighted by Crippen LogP contribution is 2.06. The first-order valence-corrected chi connectivity index (χ1v) is 8.13. The number of quaternary nitrogens is 1. The summed E-state index contributed by atoms with van der Waals surface area (Å²) in [6.45, 7) is 1.52. The Bertz CT molecular complexity index is 993. The molecule has 0 aliphatic carbocycles. The molecule has 9 heteroatoms. The highest BCUT2D eigenvalue weighted by atomic mass is 35.5. The number of benzene rings is 1. The lowest BCUT2D eigenvalue weighted by Crippen LogP contribution is -3.00. The van der Waals surface area contributed by atoms with Gasteiger partial charge < -0.3 is 27.4 Å². The monoisotopic (exact) mass is 379 g/mol. The normalized spacial score (nSPS) is 12.1. The van der Waals surface area contributed by atoms with Crippen molar-refractivity contribution in [1.82, 2.24) is 18.7 Å². The van der Waals surface area contributed by atoms with Crippen molar-refractivity contribution in [2.45, 2.75) is 19.2 Å². The van der Waals surface area contributed by atoms with Crippen LogP contribution in [0.5, 0.6) is 0 Å². The standard InChI is InChI=1S/C17H21N5O3.ClH/c1-20-15-14(16(24)21(2)17(20)25)22(11-19-15)10-13(23)9-18-8-12-6-4-3-5-7-12;/h3-7,11,13,18,23H,8-10H2,1-2H3;1H. The predicted octanol–water partition coefficient (Wildman–Crippen LogP) is -4.44. The van der Waals surface area contributed by atoms with Gasteiger partial charge in [0.2, 0.25) is 0 Å². The van der Waals surface area contributed by atoms with Crippen LogP contribution in [-0.2, 0) is 27.2 Å². The molecule has 0 radical (unpaired) electrons. The first-order chi connectivity index (χ1) is 12.0. The minimum Gasteiger partial charge on any atom is -1.00 e. The minimum absolute atomic E-state index is 0. The fraction of sp³-hybridized carbons (Fsp3) is 0.353. The van der Waals surface area contributed by atoms with Gasteiger partial charge in [0.15, 0.2) is 11.2 Å². The SMILES string of the molecule is Cn1c(=O)c2c(ncn2CC(O)C[NH2+]Cc2ccccc2)n(C)c1=O.[Cl-]. The first-order valence-electron chi connectivity index (χ1n) is 8.13. The van der Waals surface area contributed by atoms with E-state index < -0.39 is 17.4 Å². The third-order valence-corrected chi connectivity index (χ3v) is 4.29. The quantitative estimate of drug-likeness (QED) is 0.451. The molecular formula is C17H22ClN5O3. The van der Waals surface area contributed by atoms with Gasteiger partial charge in [0, 0.05) is 19.7 Å². The van der Waals surface area contributed by atoms with E-state index in [-0.39, 0.29) is 19.0 Å². The Kier molecular flexibility index (Phi) is 6.36. The fourth-order valence-electron chi connectivity index (χ4n) is 2.89. The van der Waals surface area contributed by atoms with Crippen molar-refractivity contribution in [3.63, 3.8) is 0 Å². The number of aliphatic hydroxyl groups excluding tert-OH is 1. The largest absolute Gasteiger partial charge is 1.00 e. The predicted molar refractivity (Wildman–Crippen MR) is 93.2 cm³/mol. The molecule has 2 heterocycles. The molecule has 0 saturated heterocycles. The highest BCUT2D eigenvalue weighted by Gasteiger charge is 2.16. The molecule has 1 atom stereocenters. The van der Waals surface area contributed by atoms with Crippen molar-refractivity contribution < 1.29 is 22.8 Å². The maximum Gasteiger partial charge on any atom is 0.332 e. The van der Waals surface area contributed by atoms with Crippen molar-refractivity contribution in [2.24, 2.45) is 14.1 Å². The van der Waals surface area contributed by atoms with E-state index >= 15 is 0 Å². The van der Waals surface area contributed by atoms with E-state index in [1.165, 1.54) is 23.5 Å². The van der Waals surface area contributed by atoms with Crippen LogP contribution in [0.1, 0.15) is 5.56 Å². The van der Waals surface area contributed by atoms with Crippen molar-refractivity contribution in [3.05, 3.63) is 63.1 Å². The van der Waals surface area contributed by atoms with Crippen LogP contribution in [0.25, 0.3) is 11.2 Å². The maximum absolute atomic E-state index is 12.4. The molecule has 140 valence electrons. The van der Waals surface area contributed by atoms with Crippen LogP contribution >= 0.6 is 0 Å². The molecule has 3 N–H and O–H groups in total. The Balaban J connectivity index is 0.00000243. The molecule has 0 aliphatic rings. The highest BCUT2D eigenvalue weighted by molar-refractivity contribution is 5.69. The summed E-state index contributed by atoms with van der Waals surface area (Å²) in [5, 5.41) is 12.3. The van der Waals surface area contributed by atoms with Crippen LogP contribution in [0.4, 0.5) is 0 Å². The number of halogens is 1. The van der Waals surface area contributed by atoms with E-state index in [4.69, 9.17) is 0 Å². The molecule has 1 aromatic carbocycles. The van der Waals surface area contributed by atoms with E-state index in [9.17, 15) is 14.7 Å². The Hall–Kier alpha value is -2.42. The van der Waals surface area contributed by atoms with Crippen LogP contribution < -0.4 is 29.0 Å². The van der Waals surface area contributed by atoms with Crippen LogP contribution in [0.2, 0.25) is 0 Å². The summed E-state index contributed by atoms with van der Waals surface area (Å²) >= 11 is 0. The molecule has 2 aromatic heterocycles. The van der Waals surface area contributed by atoms with Gasteiger partial charge >= 0.3 is 5.69 Å². The summed E-state index contributed by atoms with van der Waals surface area (Å²) in [4.78, 5) is 28.4. The van der Waals surface area contributed by atoms with E-state index in [2.05, 4.69) is 4.98 Å². The smallest absolute Gasteiger partial charge is 0.332 e. The van der Waals surface area contributed by atoms with Crippen LogP contribution in [0.3, 0.4) is 0 Å². The Labute approximate surface area is 156 Å². The molecule has 3 rings (SSSR count). The van der Waals surface area contributed by atoms with Crippen LogP contribution in [0.15, 0.2) is 46.2 Å². The average molecular weight is 380 g/mol. The number of imidazole rings is 1. The lowest BCUT2D eigenvalue weighted by Gasteiger charge is -2.11. The molecule has 0 aliphatic heterocycles. The average Bonchev–Trinajstić information content (AvgIpc) is 3.02. The Morgan fingerprint density at radius 1 is 1.15 bits per heavy atom. The van der Waals surface area contributed by atoms with Gasteiger partial charge in [-0.15, -0.1) is 0 Å². The summed E-state index contributed by atoms with van der Waals surface area (Å²) in [5.74, 6) is 0. The molecular weight excluding hydrogens is 358 g/mol. The molecule has 0 amide bonds. The number of rotatable bonds is 6. The molecule has 0 saturated carbocycles. The number of aryl methyl sites for hydroxylation is 1. The number of aromatic nitrogens is 4. The van der Waals surface area contributed by atoms with Crippen molar-refractivity contribution in [2.75, 3.05) is 6.54 Å². The van der Waals surface area contributed by atoms with E-state index in [1.807, 2.05) is 35.6 Å². The third-order valence-electron chi connectivity index (χ3n) is 4.29. The molecule has 26 heavy (non-hydrogen) atoms. The first kappa shape index (κ1) is 19.9. The van der Waals surface area contributed by atoms with Gasteiger partial charge in [-0.1, -0.05) is 30.3 Å². The number of fused-ring (bicyclic) bond motifs is 1. The van der Waals surface area contributed by atoms with Crippen molar-refractivity contribution >= 4 is 11.2 Å². The maximum atomic E-state index is 12.4. The lowest BCUT2D eigenvalue weighted by molar-refractivity contribution is -0.676. The number of hydrogen-bond donors (Lipinski definition) is 2. The topological polar surface area (TPSA) is 98.7 Å². The van der Waals surface area contributed by atoms with Crippen LogP contribution in [-0.4, -0.2) is 36.4 Å². The zero-order valence-corrected chi connectivity index (χ0v) is 15.4. The van der Waals surface area contributed by atoms with Gasteiger partial charge in [0.1, 0.15) is 19.2 Å². The van der Waals surface area contributed by atoms with Gasteiger partial charge in [-0.05, 0) is 0 Å². The summed E-state index contributed by atoms with van der Waals surface area (Å²) in [5.41, 5.74) is 1.02. The van der Waals surface area contributed by atoms with Gasteiger partial charge in [0.05, 0.1) is 12.9 Å². The number of nitrogens with two attached hydrogens (primary N) is 1. The fourth-order valence-corrected chi connectivity index (χ4v) is 2.89. The Morgan fingerprint density at radius 3 is 2.54 bits per heavy atom. The number of aliphatic hydroxyl groups is 1. The molecule has 0 fully saturated rings. The second kappa shape index (κ2) is 8.31. The third kappa shape index (κ3) is 3.87. The zero-order valence-electron chi connectivity index (χ0n) is 14.7. The second-order valence-electron chi connectivity index (χ2n) is 6.14. The van der Waals surface area contributed by atoms with Crippen molar-refractivity contribution in [3.8, 4) is 0 Å². The van der Waals surface area contributed by atoms with E-state index in [0.29, 0.717) is 17.7 Å². The van der Waals surface area contributed by atoms with Crippen molar-refractivity contribution in [1.29, 1.82) is 0 Å². The molecule has 3 aromatic rings. The molecule has 8 nitrogen and oxygen atoms in total. The molecule has 0 spiro atoms. The summed E-state index contributed by atoms with van der Waals surface area (Å²) in [6.07, 6.45) is 0.856.